The first-order chi connectivity index (χ1) is 21.2. The van der Waals surface area contributed by atoms with E-state index in [1.807, 2.05) is 55.1 Å². The molecule has 0 atom stereocenters. The minimum Gasteiger partial charge on any atom is -0.497 e. The van der Waals surface area contributed by atoms with Crippen LogP contribution in [0.1, 0.15) is 68.7 Å². The van der Waals surface area contributed by atoms with E-state index in [2.05, 4.69) is 10.2 Å². The number of carboxylic acid groups (broad SMARTS) is 1. The average Bonchev–Trinajstić information content (AvgIpc) is 3.02. The quantitative estimate of drug-likeness (QED) is 0.359. The molecule has 2 amide bonds. The highest BCUT2D eigenvalue weighted by atomic mass is 19.1. The summed E-state index contributed by atoms with van der Waals surface area (Å²) in [5, 5.41) is 10.2. The normalized spacial score (nSPS) is 16.0. The number of nitrogens with zero attached hydrogens (tertiary/aromatic N) is 2. The molecule has 2 aliphatic rings. The number of rotatable bonds is 7. The Kier molecular flexibility index (Phi) is 11.5. The number of benzene rings is 3. The van der Waals surface area contributed by atoms with E-state index in [1.54, 1.807) is 19.2 Å². The van der Waals surface area contributed by atoms with Crippen LogP contribution in [-0.2, 0) is 11.2 Å². The number of methoxy groups -OCH3 is 1. The van der Waals surface area contributed by atoms with E-state index in [0.717, 1.165) is 85.4 Å². The Morgan fingerprint density at radius 1 is 0.909 bits per heavy atom. The van der Waals surface area contributed by atoms with Gasteiger partial charge in [-0.3, -0.25) is 14.4 Å². The van der Waals surface area contributed by atoms with Crippen LogP contribution in [0.15, 0.2) is 60.7 Å². The molecular weight excluding hydrogens is 561 g/mol. The van der Waals surface area contributed by atoms with E-state index in [1.165, 1.54) is 12.1 Å². The number of likely N-dealkylation sites (tertiary alicyclic amines) is 2. The van der Waals surface area contributed by atoms with Gasteiger partial charge in [-0.15, -0.1) is 0 Å². The summed E-state index contributed by atoms with van der Waals surface area (Å²) in [5.41, 5.74) is 5.46. The van der Waals surface area contributed by atoms with E-state index in [9.17, 15) is 14.0 Å². The van der Waals surface area contributed by atoms with Gasteiger partial charge in [-0.25, -0.2) is 4.39 Å². The van der Waals surface area contributed by atoms with Crippen LogP contribution < -0.4 is 10.1 Å². The molecule has 2 heterocycles. The lowest BCUT2D eigenvalue weighted by Crippen LogP contribution is -2.51. The summed E-state index contributed by atoms with van der Waals surface area (Å²) in [4.78, 5) is 39.1. The minimum absolute atomic E-state index is 0.00332. The maximum absolute atomic E-state index is 13.2. The molecule has 234 valence electrons. The van der Waals surface area contributed by atoms with Crippen LogP contribution in [0.25, 0.3) is 0 Å². The summed E-state index contributed by atoms with van der Waals surface area (Å²) in [6.45, 7) is 7.09. The Morgan fingerprint density at radius 3 is 1.95 bits per heavy atom. The Balaban J connectivity index is 0.00000141. The smallest absolute Gasteiger partial charge is 0.290 e. The number of carbonyl (C=O) groups excluding carboxylic acids is 2. The second-order valence-electron chi connectivity index (χ2n) is 11.5. The summed E-state index contributed by atoms with van der Waals surface area (Å²) in [6.07, 6.45) is 4.51. The summed E-state index contributed by atoms with van der Waals surface area (Å²) >= 11 is 0. The highest BCUT2D eigenvalue weighted by molar-refractivity contribution is 5.97. The fourth-order valence-electron chi connectivity index (χ4n) is 6.29. The second-order valence-corrected chi connectivity index (χ2v) is 11.5. The first kappa shape index (κ1) is 32.7. The van der Waals surface area contributed by atoms with Crippen molar-refractivity contribution in [2.45, 2.75) is 58.0 Å². The summed E-state index contributed by atoms with van der Waals surface area (Å²) in [6, 6.07) is 18.8. The molecule has 0 aliphatic carbocycles. The van der Waals surface area contributed by atoms with Gasteiger partial charge < -0.3 is 25.0 Å². The zero-order chi connectivity index (χ0) is 31.6. The number of nitrogens with one attached hydrogen (secondary N) is 1. The fourth-order valence-corrected chi connectivity index (χ4v) is 6.29. The van der Waals surface area contributed by atoms with Crippen LogP contribution in [0.2, 0.25) is 0 Å². The Morgan fingerprint density at radius 2 is 1.43 bits per heavy atom. The van der Waals surface area contributed by atoms with Crippen LogP contribution >= 0.6 is 0 Å². The van der Waals surface area contributed by atoms with Crippen LogP contribution in [-0.4, -0.2) is 78.6 Å². The van der Waals surface area contributed by atoms with E-state index in [0.29, 0.717) is 18.0 Å². The molecular formula is C35H42FN3O5. The van der Waals surface area contributed by atoms with Gasteiger partial charge in [0.05, 0.1) is 7.11 Å². The number of hydrogen-bond acceptors (Lipinski definition) is 5. The molecule has 3 aromatic carbocycles. The molecule has 2 N–H and O–H groups in total. The standard InChI is InChI=1S/C34H40FN3O3.CH2O2/c1-23-20-31(41-3)21-24(2)32(23)33(39)36-29-12-16-37(17-13-29)30-14-18-38(19-15-30)34(40)27-8-4-25(5-9-27)22-26-6-10-28(35)11-7-26;2-1-3/h4-11,20-21,29-30H,12-19,22H2,1-3H3,(H,36,39);1H,(H,2,3). The predicted molar refractivity (Wildman–Crippen MR) is 168 cm³/mol. The summed E-state index contributed by atoms with van der Waals surface area (Å²) < 4.78 is 18.5. The molecule has 44 heavy (non-hydrogen) atoms. The monoisotopic (exact) mass is 603 g/mol. The number of piperidine rings is 2. The third-order valence-corrected chi connectivity index (χ3v) is 8.62. The highest BCUT2D eigenvalue weighted by Crippen LogP contribution is 2.25. The van der Waals surface area contributed by atoms with Gasteiger partial charge in [0.1, 0.15) is 11.6 Å². The summed E-state index contributed by atoms with van der Waals surface area (Å²) in [5.74, 6) is 0.620. The van der Waals surface area contributed by atoms with Gasteiger partial charge in [0, 0.05) is 49.4 Å². The molecule has 0 bridgehead atoms. The van der Waals surface area contributed by atoms with Gasteiger partial charge in [0.15, 0.2) is 0 Å². The van der Waals surface area contributed by atoms with Crippen LogP contribution in [0.3, 0.4) is 0 Å². The SMILES string of the molecule is COc1cc(C)c(C(=O)NC2CCN(C3CCN(C(=O)c4ccc(Cc5ccc(F)cc5)cc4)CC3)CC2)c(C)c1.O=CO. The van der Waals surface area contributed by atoms with Crippen molar-refractivity contribution in [1.29, 1.82) is 0 Å². The van der Waals surface area contributed by atoms with Crippen LogP contribution in [0, 0.1) is 19.7 Å². The fraction of sp³-hybridized carbons (Fsp3) is 0.400. The predicted octanol–water partition coefficient (Wildman–Crippen LogP) is 5.24. The second kappa shape index (κ2) is 15.5. The van der Waals surface area contributed by atoms with Crippen LogP contribution in [0.4, 0.5) is 4.39 Å². The third kappa shape index (κ3) is 8.44. The van der Waals surface area contributed by atoms with Crippen molar-refractivity contribution < 1.29 is 28.6 Å². The molecule has 2 aliphatic heterocycles. The van der Waals surface area contributed by atoms with Gasteiger partial charge in [0.25, 0.3) is 18.3 Å². The molecule has 0 unspecified atom stereocenters. The van der Waals surface area contributed by atoms with Gasteiger partial charge in [-0.1, -0.05) is 24.3 Å². The number of hydrogen-bond donors (Lipinski definition) is 2. The molecule has 3 aromatic rings. The molecule has 0 saturated carbocycles. The molecule has 2 saturated heterocycles. The van der Waals surface area contributed by atoms with Crippen LogP contribution in [0.5, 0.6) is 5.75 Å². The lowest BCUT2D eigenvalue weighted by atomic mass is 9.96. The number of ether oxygens (including phenoxy) is 1. The Hall–Kier alpha value is -4.24. The van der Waals surface area contributed by atoms with E-state index in [-0.39, 0.29) is 30.1 Å². The van der Waals surface area contributed by atoms with Gasteiger partial charge in [0.2, 0.25) is 0 Å². The van der Waals surface area contributed by atoms with Crippen molar-refractivity contribution in [3.63, 3.8) is 0 Å². The van der Waals surface area contributed by atoms with Crippen molar-refractivity contribution in [1.82, 2.24) is 15.1 Å². The van der Waals surface area contributed by atoms with Gasteiger partial charge in [-0.2, -0.15) is 0 Å². The molecule has 8 nitrogen and oxygen atoms in total. The maximum atomic E-state index is 13.2. The Labute approximate surface area is 258 Å². The van der Waals surface area contributed by atoms with Crippen molar-refractivity contribution in [2.24, 2.45) is 0 Å². The van der Waals surface area contributed by atoms with Crippen molar-refractivity contribution in [2.75, 3.05) is 33.3 Å². The number of aryl methyl sites for hydroxylation is 2. The molecule has 0 aromatic heterocycles. The minimum atomic E-state index is -0.250. The van der Waals surface area contributed by atoms with Crippen molar-refractivity contribution in [3.8, 4) is 5.75 Å². The lowest BCUT2D eigenvalue weighted by Gasteiger charge is -2.42. The lowest BCUT2D eigenvalue weighted by molar-refractivity contribution is -0.122. The number of carbonyl (C=O) groups is 3. The first-order valence-corrected chi connectivity index (χ1v) is 15.1. The van der Waals surface area contributed by atoms with E-state index < -0.39 is 0 Å². The third-order valence-electron chi connectivity index (χ3n) is 8.62. The van der Waals surface area contributed by atoms with Gasteiger partial charge in [-0.05, 0) is 105 Å². The zero-order valence-corrected chi connectivity index (χ0v) is 25.7. The molecule has 2 fully saturated rings. The first-order valence-electron chi connectivity index (χ1n) is 15.1. The summed E-state index contributed by atoms with van der Waals surface area (Å²) in [7, 11) is 1.64. The van der Waals surface area contributed by atoms with Gasteiger partial charge >= 0.3 is 0 Å². The topological polar surface area (TPSA) is 99.2 Å². The maximum Gasteiger partial charge on any atom is 0.290 e. The molecule has 0 spiro atoms. The average molecular weight is 604 g/mol. The number of amides is 2. The van der Waals surface area contributed by atoms with Crippen molar-refractivity contribution >= 4 is 18.3 Å². The molecule has 0 radical (unpaired) electrons. The molecule has 9 heteroatoms. The Bertz CT molecular complexity index is 1390. The van der Waals surface area contributed by atoms with E-state index >= 15 is 0 Å². The number of halogens is 1. The van der Waals surface area contributed by atoms with Crippen molar-refractivity contribution in [3.05, 3.63) is 99.9 Å². The van der Waals surface area contributed by atoms with E-state index in [4.69, 9.17) is 14.6 Å². The molecule has 5 rings (SSSR count). The highest BCUT2D eigenvalue weighted by Gasteiger charge is 2.30. The zero-order valence-electron chi connectivity index (χ0n) is 25.7. The largest absolute Gasteiger partial charge is 0.497 e.